The van der Waals surface area contributed by atoms with Gasteiger partial charge >= 0.3 is 0 Å². The van der Waals surface area contributed by atoms with Gasteiger partial charge < -0.3 is 5.11 Å². The van der Waals surface area contributed by atoms with E-state index < -0.39 is 0 Å². The van der Waals surface area contributed by atoms with E-state index in [0.717, 1.165) is 20.9 Å². The summed E-state index contributed by atoms with van der Waals surface area (Å²) in [5, 5.41) is 10.2. The summed E-state index contributed by atoms with van der Waals surface area (Å²) in [7, 11) is 0. The summed E-state index contributed by atoms with van der Waals surface area (Å²) in [5.41, 5.74) is 2.18. The maximum atomic E-state index is 10.2. The molecule has 1 saturated carbocycles. The Labute approximate surface area is 107 Å². The summed E-state index contributed by atoms with van der Waals surface area (Å²) in [6.07, 6.45) is 0.810. The molecule has 1 aliphatic carbocycles. The van der Waals surface area contributed by atoms with Gasteiger partial charge in [0.25, 0.3) is 0 Å². The van der Waals surface area contributed by atoms with E-state index in [1.807, 2.05) is 13.0 Å². The Morgan fingerprint density at radius 3 is 2.47 bits per heavy atom. The SMILES string of the molecule is Cc1cc(Br)c(C(O)C2CC2C)cc1Br. The van der Waals surface area contributed by atoms with Crippen LogP contribution in [0.2, 0.25) is 0 Å². The van der Waals surface area contributed by atoms with Gasteiger partial charge in [-0.3, -0.25) is 0 Å². The van der Waals surface area contributed by atoms with E-state index in [2.05, 4.69) is 44.8 Å². The minimum absolute atomic E-state index is 0.328. The molecule has 1 nitrogen and oxygen atoms in total. The number of rotatable bonds is 2. The molecule has 0 aromatic heterocycles. The molecule has 0 heterocycles. The molecule has 15 heavy (non-hydrogen) atoms. The van der Waals surface area contributed by atoms with Crippen molar-refractivity contribution < 1.29 is 5.11 Å². The fourth-order valence-electron chi connectivity index (χ4n) is 1.91. The summed E-state index contributed by atoms with van der Waals surface area (Å²) in [6.45, 7) is 4.23. The molecule has 0 amide bonds. The van der Waals surface area contributed by atoms with Gasteiger partial charge in [-0.25, -0.2) is 0 Å². The monoisotopic (exact) mass is 332 g/mol. The Kier molecular flexibility index (Phi) is 3.25. The quantitative estimate of drug-likeness (QED) is 0.859. The second kappa shape index (κ2) is 4.19. The zero-order valence-electron chi connectivity index (χ0n) is 8.80. The molecule has 1 aliphatic rings. The average molecular weight is 334 g/mol. The first-order chi connectivity index (χ1) is 7.00. The highest BCUT2D eigenvalue weighted by molar-refractivity contribution is 9.11. The van der Waals surface area contributed by atoms with Crippen LogP contribution in [-0.2, 0) is 0 Å². The molecule has 1 aromatic carbocycles. The first kappa shape index (κ1) is 11.6. The third-order valence-corrected chi connectivity index (χ3v) is 4.71. The summed E-state index contributed by atoms with van der Waals surface area (Å²) in [6, 6.07) is 4.07. The summed E-state index contributed by atoms with van der Waals surface area (Å²) in [4.78, 5) is 0. The van der Waals surface area contributed by atoms with Crippen LogP contribution in [0.25, 0.3) is 0 Å². The van der Waals surface area contributed by atoms with Crippen LogP contribution in [0, 0.1) is 18.8 Å². The Hall–Kier alpha value is 0.140. The van der Waals surface area contributed by atoms with Crippen LogP contribution in [0.3, 0.4) is 0 Å². The van der Waals surface area contributed by atoms with Crippen LogP contribution in [0.4, 0.5) is 0 Å². The average Bonchev–Trinajstić information content (AvgIpc) is 2.88. The number of benzene rings is 1. The molecular weight excluding hydrogens is 320 g/mol. The second-order valence-electron chi connectivity index (χ2n) is 4.44. The smallest absolute Gasteiger partial charge is 0.0832 e. The Morgan fingerprint density at radius 1 is 1.33 bits per heavy atom. The van der Waals surface area contributed by atoms with Crippen molar-refractivity contribution in [2.45, 2.75) is 26.4 Å². The second-order valence-corrected chi connectivity index (χ2v) is 6.15. The topological polar surface area (TPSA) is 20.2 Å². The number of halogens is 2. The summed E-state index contributed by atoms with van der Waals surface area (Å²) in [5.74, 6) is 1.10. The van der Waals surface area contributed by atoms with Crippen molar-refractivity contribution >= 4 is 31.9 Å². The van der Waals surface area contributed by atoms with Crippen LogP contribution in [0.5, 0.6) is 0 Å². The molecule has 0 saturated heterocycles. The van der Waals surface area contributed by atoms with Crippen molar-refractivity contribution in [2.24, 2.45) is 11.8 Å². The van der Waals surface area contributed by atoms with Crippen molar-refractivity contribution in [1.82, 2.24) is 0 Å². The first-order valence-electron chi connectivity index (χ1n) is 5.14. The highest BCUT2D eigenvalue weighted by Crippen LogP contribution is 2.48. The summed E-state index contributed by atoms with van der Waals surface area (Å²) >= 11 is 7.02. The molecular formula is C12H14Br2O. The van der Waals surface area contributed by atoms with Gasteiger partial charge in [0, 0.05) is 8.95 Å². The van der Waals surface area contributed by atoms with E-state index in [1.54, 1.807) is 0 Å². The minimum atomic E-state index is -0.328. The minimum Gasteiger partial charge on any atom is -0.388 e. The molecule has 0 radical (unpaired) electrons. The molecule has 1 fully saturated rings. The maximum Gasteiger partial charge on any atom is 0.0832 e. The lowest BCUT2D eigenvalue weighted by atomic mass is 10.0. The van der Waals surface area contributed by atoms with E-state index in [0.29, 0.717) is 11.8 Å². The highest BCUT2D eigenvalue weighted by Gasteiger charge is 2.40. The van der Waals surface area contributed by atoms with E-state index in [-0.39, 0.29) is 6.10 Å². The molecule has 0 bridgehead atoms. The van der Waals surface area contributed by atoms with Gasteiger partial charge in [0.1, 0.15) is 0 Å². The van der Waals surface area contributed by atoms with Crippen molar-refractivity contribution in [2.75, 3.05) is 0 Å². The number of aliphatic hydroxyl groups is 1. The van der Waals surface area contributed by atoms with E-state index in [1.165, 1.54) is 5.56 Å². The van der Waals surface area contributed by atoms with Gasteiger partial charge in [-0.05, 0) is 48.4 Å². The van der Waals surface area contributed by atoms with Gasteiger partial charge in [-0.15, -0.1) is 0 Å². The van der Waals surface area contributed by atoms with Crippen LogP contribution < -0.4 is 0 Å². The van der Waals surface area contributed by atoms with Crippen molar-refractivity contribution in [3.8, 4) is 0 Å². The number of aliphatic hydroxyl groups excluding tert-OH is 1. The molecule has 1 aromatic rings. The highest BCUT2D eigenvalue weighted by atomic mass is 79.9. The maximum absolute atomic E-state index is 10.2. The molecule has 82 valence electrons. The lowest BCUT2D eigenvalue weighted by Crippen LogP contribution is -2.02. The Morgan fingerprint density at radius 2 is 1.93 bits per heavy atom. The van der Waals surface area contributed by atoms with Crippen LogP contribution in [0.1, 0.15) is 30.6 Å². The fraction of sp³-hybridized carbons (Fsp3) is 0.500. The molecule has 3 heteroatoms. The standard InChI is InChI=1S/C12H14Br2O/c1-6-3-8(6)12(15)9-5-10(13)7(2)4-11(9)14/h4-6,8,12,15H,3H2,1-2H3. The lowest BCUT2D eigenvalue weighted by molar-refractivity contribution is 0.147. The van der Waals surface area contributed by atoms with Gasteiger partial charge in [-0.1, -0.05) is 38.8 Å². The molecule has 3 unspecified atom stereocenters. The molecule has 3 atom stereocenters. The van der Waals surface area contributed by atoms with Crippen molar-refractivity contribution in [3.63, 3.8) is 0 Å². The number of hydrogen-bond acceptors (Lipinski definition) is 1. The van der Waals surface area contributed by atoms with Gasteiger partial charge in [0.2, 0.25) is 0 Å². The Balaban J connectivity index is 2.31. The third kappa shape index (κ3) is 2.29. The molecule has 0 aliphatic heterocycles. The molecule has 1 N–H and O–H groups in total. The van der Waals surface area contributed by atoms with Crippen molar-refractivity contribution in [3.05, 3.63) is 32.2 Å². The van der Waals surface area contributed by atoms with Gasteiger partial charge in [-0.2, -0.15) is 0 Å². The third-order valence-electron chi connectivity index (χ3n) is 3.17. The van der Waals surface area contributed by atoms with E-state index in [4.69, 9.17) is 0 Å². The number of aryl methyl sites for hydroxylation is 1. The van der Waals surface area contributed by atoms with Gasteiger partial charge in [0.15, 0.2) is 0 Å². The Bertz CT molecular complexity index is 389. The zero-order valence-corrected chi connectivity index (χ0v) is 12.0. The predicted octanol–water partition coefficient (Wildman–Crippen LogP) is 4.21. The van der Waals surface area contributed by atoms with Crippen LogP contribution >= 0.6 is 31.9 Å². The predicted molar refractivity (Wildman–Crippen MR) is 68.8 cm³/mol. The van der Waals surface area contributed by atoms with E-state index in [9.17, 15) is 5.11 Å². The first-order valence-corrected chi connectivity index (χ1v) is 6.73. The summed E-state index contributed by atoms with van der Waals surface area (Å²) < 4.78 is 2.07. The lowest BCUT2D eigenvalue weighted by Gasteiger charge is -2.14. The number of hydrogen-bond donors (Lipinski definition) is 1. The normalized spacial score (nSPS) is 26.5. The zero-order chi connectivity index (χ0) is 11.2. The van der Waals surface area contributed by atoms with Gasteiger partial charge in [0.05, 0.1) is 6.10 Å². The van der Waals surface area contributed by atoms with E-state index >= 15 is 0 Å². The van der Waals surface area contributed by atoms with Crippen LogP contribution in [-0.4, -0.2) is 5.11 Å². The largest absolute Gasteiger partial charge is 0.388 e. The fourth-order valence-corrected chi connectivity index (χ4v) is 2.96. The van der Waals surface area contributed by atoms with Crippen molar-refractivity contribution in [1.29, 1.82) is 0 Å². The molecule has 2 rings (SSSR count). The molecule has 0 spiro atoms. The van der Waals surface area contributed by atoms with Crippen LogP contribution in [0.15, 0.2) is 21.1 Å².